The topological polar surface area (TPSA) is 63.5 Å². The number of aliphatic imine (C=N–C) groups is 1. The lowest BCUT2D eigenvalue weighted by atomic mass is 10.2. The summed E-state index contributed by atoms with van der Waals surface area (Å²) in [5.74, 6) is 1.76. The first kappa shape index (κ1) is 21.4. The highest BCUT2D eigenvalue weighted by Crippen LogP contribution is 2.05. The highest BCUT2D eigenvalue weighted by atomic mass is 127. The Balaban J connectivity index is 0.00000312. The molecule has 138 valence electrons. The zero-order valence-electron chi connectivity index (χ0n) is 14.9. The number of aromatic nitrogens is 2. The average molecular weight is 457 g/mol. The molecule has 0 aliphatic carbocycles. The van der Waals surface area contributed by atoms with Crippen molar-refractivity contribution in [2.45, 2.75) is 26.4 Å². The lowest BCUT2D eigenvalue weighted by molar-refractivity contribution is 0.145. The number of halogens is 1. The van der Waals surface area contributed by atoms with Gasteiger partial charge in [-0.3, -0.25) is 4.99 Å². The van der Waals surface area contributed by atoms with Crippen molar-refractivity contribution in [3.8, 4) is 0 Å². The van der Waals surface area contributed by atoms with Crippen LogP contribution in [0.1, 0.15) is 24.7 Å². The summed E-state index contributed by atoms with van der Waals surface area (Å²) in [6.45, 7) is 5.81. The van der Waals surface area contributed by atoms with E-state index in [2.05, 4.69) is 49.4 Å². The number of nitrogens with one attached hydrogen (secondary N) is 2. The number of ether oxygens (including phenoxy) is 1. The van der Waals surface area contributed by atoms with E-state index in [1.165, 1.54) is 5.56 Å². The van der Waals surface area contributed by atoms with Crippen molar-refractivity contribution in [2.24, 2.45) is 4.99 Å². The number of guanidine groups is 1. The molecule has 1 aromatic heterocycles. The summed E-state index contributed by atoms with van der Waals surface area (Å²) in [5, 5.41) is 6.59. The van der Waals surface area contributed by atoms with Crippen molar-refractivity contribution < 1.29 is 4.74 Å². The minimum atomic E-state index is 0. The van der Waals surface area contributed by atoms with Crippen LogP contribution in [0, 0.1) is 0 Å². The van der Waals surface area contributed by atoms with Crippen LogP contribution in [-0.4, -0.2) is 42.3 Å². The maximum absolute atomic E-state index is 5.33. The normalized spacial score (nSPS) is 11.0. The van der Waals surface area contributed by atoms with Gasteiger partial charge in [-0.2, -0.15) is 0 Å². The van der Waals surface area contributed by atoms with Gasteiger partial charge in [-0.1, -0.05) is 30.3 Å². The molecular weight excluding hydrogens is 429 g/mol. The second kappa shape index (κ2) is 12.7. The van der Waals surface area contributed by atoms with Crippen LogP contribution >= 0.6 is 24.0 Å². The number of rotatable bonds is 9. The van der Waals surface area contributed by atoms with E-state index in [9.17, 15) is 0 Å². The van der Waals surface area contributed by atoms with E-state index in [4.69, 9.17) is 4.74 Å². The predicted octanol–water partition coefficient (Wildman–Crippen LogP) is 2.64. The van der Waals surface area contributed by atoms with Crippen LogP contribution in [0.5, 0.6) is 0 Å². The molecule has 6 nitrogen and oxygen atoms in total. The van der Waals surface area contributed by atoms with Crippen LogP contribution in [0.2, 0.25) is 0 Å². The third-order valence-corrected chi connectivity index (χ3v) is 3.60. The van der Waals surface area contributed by atoms with Crippen LogP contribution in [0.25, 0.3) is 0 Å². The molecule has 0 radical (unpaired) electrons. The van der Waals surface area contributed by atoms with Crippen LogP contribution in [0.15, 0.2) is 47.7 Å². The van der Waals surface area contributed by atoms with E-state index in [1.807, 2.05) is 25.4 Å². The Morgan fingerprint density at radius 3 is 2.76 bits per heavy atom. The Bertz CT molecular complexity index is 615. The van der Waals surface area contributed by atoms with Gasteiger partial charge in [-0.05, 0) is 18.9 Å². The Kier molecular flexibility index (Phi) is 10.9. The standard InChI is InChI=1S/C18H27N5O.HI/c1-3-24-13-7-10-21-18(19-2)22-14-17-20-11-12-23(17)15-16-8-5-4-6-9-16;/h4-6,8-9,11-12H,3,7,10,13-15H2,1-2H3,(H2,19,21,22);1H. The van der Waals surface area contributed by atoms with Crippen molar-refractivity contribution in [3.63, 3.8) is 0 Å². The molecule has 0 aliphatic heterocycles. The lowest BCUT2D eigenvalue weighted by Crippen LogP contribution is -2.38. The largest absolute Gasteiger partial charge is 0.382 e. The van der Waals surface area contributed by atoms with Crippen molar-refractivity contribution >= 4 is 29.9 Å². The second-order valence-electron chi connectivity index (χ2n) is 5.36. The average Bonchev–Trinajstić information content (AvgIpc) is 3.05. The van der Waals surface area contributed by atoms with E-state index >= 15 is 0 Å². The Labute approximate surface area is 167 Å². The Morgan fingerprint density at radius 1 is 1.24 bits per heavy atom. The summed E-state index contributed by atoms with van der Waals surface area (Å²) < 4.78 is 7.47. The lowest BCUT2D eigenvalue weighted by Gasteiger charge is -2.13. The number of imidazole rings is 1. The Hall–Kier alpha value is -1.61. The third-order valence-electron chi connectivity index (χ3n) is 3.60. The number of benzene rings is 1. The molecule has 1 heterocycles. The molecule has 2 N–H and O–H groups in total. The van der Waals surface area contributed by atoms with Crippen molar-refractivity contribution in [3.05, 3.63) is 54.1 Å². The highest BCUT2D eigenvalue weighted by molar-refractivity contribution is 14.0. The molecule has 1 aromatic carbocycles. The summed E-state index contributed by atoms with van der Waals surface area (Å²) in [6, 6.07) is 10.4. The van der Waals surface area contributed by atoms with Gasteiger partial charge < -0.3 is 19.9 Å². The summed E-state index contributed by atoms with van der Waals surface area (Å²) >= 11 is 0. The maximum atomic E-state index is 5.33. The molecule has 0 atom stereocenters. The van der Waals surface area contributed by atoms with Crippen LogP contribution in [0.4, 0.5) is 0 Å². The van der Waals surface area contributed by atoms with Crippen molar-refractivity contribution in [2.75, 3.05) is 26.8 Å². The summed E-state index contributed by atoms with van der Waals surface area (Å²) in [4.78, 5) is 8.67. The molecule has 0 fully saturated rings. The quantitative estimate of drug-likeness (QED) is 0.263. The van der Waals surface area contributed by atoms with Crippen molar-refractivity contribution in [1.29, 1.82) is 0 Å². The first-order chi connectivity index (χ1) is 11.8. The molecular formula is C18H28IN5O. The van der Waals surface area contributed by atoms with Crippen LogP contribution in [0.3, 0.4) is 0 Å². The highest BCUT2D eigenvalue weighted by Gasteiger charge is 2.05. The van der Waals surface area contributed by atoms with E-state index < -0.39 is 0 Å². The first-order valence-electron chi connectivity index (χ1n) is 8.39. The fourth-order valence-electron chi connectivity index (χ4n) is 2.34. The van der Waals surface area contributed by atoms with Crippen LogP contribution < -0.4 is 10.6 Å². The molecule has 7 heteroatoms. The fourth-order valence-corrected chi connectivity index (χ4v) is 2.34. The summed E-state index contributed by atoms with van der Waals surface area (Å²) in [5.41, 5.74) is 1.26. The van der Waals surface area contributed by atoms with Gasteiger partial charge in [0.15, 0.2) is 5.96 Å². The van der Waals surface area contributed by atoms with Gasteiger partial charge in [-0.15, -0.1) is 24.0 Å². The van der Waals surface area contributed by atoms with Gasteiger partial charge in [0, 0.05) is 45.7 Å². The first-order valence-corrected chi connectivity index (χ1v) is 8.39. The van der Waals surface area contributed by atoms with E-state index in [-0.39, 0.29) is 24.0 Å². The summed E-state index contributed by atoms with van der Waals surface area (Å²) in [7, 11) is 1.77. The molecule has 0 amide bonds. The molecule has 0 unspecified atom stereocenters. The Morgan fingerprint density at radius 2 is 2.04 bits per heavy atom. The van der Waals surface area contributed by atoms with Gasteiger partial charge in [0.05, 0.1) is 6.54 Å². The van der Waals surface area contributed by atoms with Crippen molar-refractivity contribution in [1.82, 2.24) is 20.2 Å². The van der Waals surface area contributed by atoms with Gasteiger partial charge in [0.2, 0.25) is 0 Å². The van der Waals surface area contributed by atoms with E-state index in [1.54, 1.807) is 7.05 Å². The smallest absolute Gasteiger partial charge is 0.191 e. The third kappa shape index (κ3) is 7.87. The summed E-state index contributed by atoms with van der Waals surface area (Å²) in [6.07, 6.45) is 4.79. The number of nitrogens with zero attached hydrogens (tertiary/aromatic N) is 3. The molecule has 0 saturated carbocycles. The second-order valence-corrected chi connectivity index (χ2v) is 5.36. The number of hydrogen-bond donors (Lipinski definition) is 2. The monoisotopic (exact) mass is 457 g/mol. The zero-order valence-corrected chi connectivity index (χ0v) is 17.3. The molecule has 0 aliphatic rings. The minimum Gasteiger partial charge on any atom is -0.382 e. The van der Waals surface area contributed by atoms with Gasteiger partial charge in [0.25, 0.3) is 0 Å². The van der Waals surface area contributed by atoms with E-state index in [0.717, 1.165) is 44.5 Å². The SMILES string of the molecule is CCOCCCNC(=NC)NCc1nccn1Cc1ccccc1.I. The predicted molar refractivity (Wildman–Crippen MR) is 112 cm³/mol. The fraction of sp³-hybridized carbons (Fsp3) is 0.444. The minimum absolute atomic E-state index is 0. The van der Waals surface area contributed by atoms with Gasteiger partial charge in [-0.25, -0.2) is 4.98 Å². The maximum Gasteiger partial charge on any atom is 0.191 e. The molecule has 0 saturated heterocycles. The molecule has 2 aromatic rings. The van der Waals surface area contributed by atoms with Gasteiger partial charge in [0.1, 0.15) is 5.82 Å². The van der Waals surface area contributed by atoms with Crippen LogP contribution in [-0.2, 0) is 17.8 Å². The molecule has 0 spiro atoms. The molecule has 0 bridgehead atoms. The number of hydrogen-bond acceptors (Lipinski definition) is 3. The van der Waals surface area contributed by atoms with Gasteiger partial charge >= 0.3 is 0 Å². The molecule has 2 rings (SSSR count). The zero-order chi connectivity index (χ0) is 17.0. The molecule has 25 heavy (non-hydrogen) atoms. The van der Waals surface area contributed by atoms with E-state index in [0.29, 0.717) is 6.54 Å².